The van der Waals surface area contributed by atoms with Crippen LogP contribution in [0.3, 0.4) is 0 Å². The average Bonchev–Trinajstić information content (AvgIpc) is 2.36. The summed E-state index contributed by atoms with van der Waals surface area (Å²) in [6.07, 6.45) is 3.34. The molecule has 5 nitrogen and oxygen atoms in total. The van der Waals surface area contributed by atoms with Crippen molar-refractivity contribution in [2.45, 2.75) is 45.3 Å². The third-order valence-corrected chi connectivity index (χ3v) is 4.36. The second kappa shape index (κ2) is 7.38. The summed E-state index contributed by atoms with van der Waals surface area (Å²) in [5.74, 6) is 0.0667. The number of piperidine rings is 1. The van der Waals surface area contributed by atoms with Crippen LogP contribution in [0.1, 0.15) is 33.1 Å². The maximum atomic E-state index is 10.6. The first-order valence-corrected chi connectivity index (χ1v) is 7.85. The molecular weight excluding hydrogens is 256 g/mol. The normalized spacial score (nSPS) is 30.5. The first kappa shape index (κ1) is 15.7. The Bertz CT molecular complexity index is 306. The largest absolute Gasteiger partial charge is 0.481 e. The molecule has 2 saturated heterocycles. The van der Waals surface area contributed by atoms with Gasteiger partial charge >= 0.3 is 5.97 Å². The van der Waals surface area contributed by atoms with E-state index in [0.717, 1.165) is 32.1 Å². The average molecular weight is 284 g/mol. The molecule has 1 N–H and O–H groups in total. The predicted molar refractivity (Wildman–Crippen MR) is 77.9 cm³/mol. The number of hydrogen-bond donors (Lipinski definition) is 1. The van der Waals surface area contributed by atoms with Crippen molar-refractivity contribution in [3.8, 4) is 0 Å². The summed E-state index contributed by atoms with van der Waals surface area (Å²) in [5, 5.41) is 8.72. The van der Waals surface area contributed by atoms with Crippen LogP contribution >= 0.6 is 0 Å². The number of aliphatic carboxylic acids is 1. The second-order valence-electron chi connectivity index (χ2n) is 6.40. The topological polar surface area (TPSA) is 53.0 Å². The summed E-state index contributed by atoms with van der Waals surface area (Å²) in [5.41, 5.74) is 0. The molecule has 0 saturated carbocycles. The van der Waals surface area contributed by atoms with Gasteiger partial charge < -0.3 is 14.7 Å². The van der Waals surface area contributed by atoms with E-state index in [-0.39, 0.29) is 6.42 Å². The highest BCUT2D eigenvalue weighted by Gasteiger charge is 2.26. The lowest BCUT2D eigenvalue weighted by molar-refractivity contribution is -0.137. The van der Waals surface area contributed by atoms with Crippen molar-refractivity contribution in [1.29, 1.82) is 0 Å². The molecular formula is C15H28N2O3. The van der Waals surface area contributed by atoms with Gasteiger partial charge in [-0.05, 0) is 45.7 Å². The number of likely N-dealkylation sites (tertiary alicyclic amines) is 1. The number of rotatable bonds is 5. The minimum atomic E-state index is -0.691. The van der Waals surface area contributed by atoms with Crippen molar-refractivity contribution < 1.29 is 14.6 Å². The Morgan fingerprint density at radius 1 is 1.15 bits per heavy atom. The van der Waals surface area contributed by atoms with E-state index in [1.807, 2.05) is 0 Å². The van der Waals surface area contributed by atoms with E-state index >= 15 is 0 Å². The number of carbonyl (C=O) groups is 1. The van der Waals surface area contributed by atoms with Crippen LogP contribution in [0.5, 0.6) is 0 Å². The SMILES string of the molecule is C[C@@H]1CN(CC2CCN(CCC(=O)O)CC2)C[C@H](C)O1. The Balaban J connectivity index is 1.67. The molecule has 0 bridgehead atoms. The molecule has 2 aliphatic heterocycles. The molecule has 2 heterocycles. The number of ether oxygens (including phenoxy) is 1. The Kier molecular flexibility index (Phi) is 5.81. The smallest absolute Gasteiger partial charge is 0.304 e. The third-order valence-electron chi connectivity index (χ3n) is 4.36. The molecule has 0 unspecified atom stereocenters. The summed E-state index contributed by atoms with van der Waals surface area (Å²) in [6, 6.07) is 0. The molecule has 2 fully saturated rings. The van der Waals surface area contributed by atoms with E-state index in [1.54, 1.807) is 0 Å². The summed E-state index contributed by atoms with van der Waals surface area (Å²) in [7, 11) is 0. The zero-order valence-electron chi connectivity index (χ0n) is 12.8. The van der Waals surface area contributed by atoms with Crippen LogP contribution in [0.15, 0.2) is 0 Å². The lowest BCUT2D eigenvalue weighted by Gasteiger charge is -2.39. The van der Waals surface area contributed by atoms with Crippen molar-refractivity contribution in [3.05, 3.63) is 0 Å². The molecule has 5 heteroatoms. The van der Waals surface area contributed by atoms with Gasteiger partial charge in [-0.15, -0.1) is 0 Å². The van der Waals surface area contributed by atoms with Gasteiger partial charge in [0, 0.05) is 26.2 Å². The van der Waals surface area contributed by atoms with Crippen molar-refractivity contribution in [2.24, 2.45) is 5.92 Å². The first-order chi connectivity index (χ1) is 9.52. The molecule has 0 spiro atoms. The fourth-order valence-electron chi connectivity index (χ4n) is 3.44. The van der Waals surface area contributed by atoms with Crippen molar-refractivity contribution >= 4 is 5.97 Å². The summed E-state index contributed by atoms with van der Waals surface area (Å²) < 4.78 is 5.77. The van der Waals surface area contributed by atoms with Crippen molar-refractivity contribution in [1.82, 2.24) is 9.80 Å². The predicted octanol–water partition coefficient (Wildman–Crippen LogP) is 1.28. The maximum absolute atomic E-state index is 10.6. The van der Waals surface area contributed by atoms with E-state index in [1.165, 1.54) is 19.4 Å². The van der Waals surface area contributed by atoms with Crippen LogP contribution in [-0.2, 0) is 9.53 Å². The Morgan fingerprint density at radius 3 is 2.30 bits per heavy atom. The molecule has 0 aromatic carbocycles. The third kappa shape index (κ3) is 5.04. The van der Waals surface area contributed by atoms with E-state index in [4.69, 9.17) is 9.84 Å². The monoisotopic (exact) mass is 284 g/mol. The number of morpholine rings is 1. The molecule has 2 atom stereocenters. The molecule has 0 aromatic rings. The maximum Gasteiger partial charge on any atom is 0.304 e. The minimum Gasteiger partial charge on any atom is -0.481 e. The highest BCUT2D eigenvalue weighted by atomic mass is 16.5. The molecule has 0 aliphatic carbocycles. The molecule has 0 aromatic heterocycles. The van der Waals surface area contributed by atoms with Crippen molar-refractivity contribution in [3.63, 3.8) is 0 Å². The summed E-state index contributed by atoms with van der Waals surface area (Å²) in [4.78, 5) is 15.4. The molecule has 0 amide bonds. The van der Waals surface area contributed by atoms with E-state index in [9.17, 15) is 4.79 Å². The van der Waals surface area contributed by atoms with Gasteiger partial charge in [-0.25, -0.2) is 0 Å². The first-order valence-electron chi connectivity index (χ1n) is 7.85. The molecule has 116 valence electrons. The van der Waals surface area contributed by atoms with E-state index < -0.39 is 5.97 Å². The standard InChI is InChI=1S/C15H28N2O3/c1-12-9-17(10-13(2)20-12)11-14-3-6-16(7-4-14)8-5-15(18)19/h12-14H,3-11H2,1-2H3,(H,18,19)/t12-,13+. The lowest BCUT2D eigenvalue weighted by atomic mass is 9.95. The number of carboxylic acids is 1. The summed E-state index contributed by atoms with van der Waals surface area (Å²) in [6.45, 7) is 10.4. The quantitative estimate of drug-likeness (QED) is 0.824. The fourth-order valence-corrected chi connectivity index (χ4v) is 3.44. The van der Waals surface area contributed by atoms with Gasteiger partial charge in [0.05, 0.1) is 18.6 Å². The van der Waals surface area contributed by atoms with Crippen LogP contribution in [0.4, 0.5) is 0 Å². The zero-order valence-corrected chi connectivity index (χ0v) is 12.8. The number of nitrogens with zero attached hydrogens (tertiary/aromatic N) is 2. The Hall–Kier alpha value is -0.650. The number of carboxylic acid groups (broad SMARTS) is 1. The van der Waals surface area contributed by atoms with Gasteiger partial charge in [0.25, 0.3) is 0 Å². The van der Waals surface area contributed by atoms with Crippen LogP contribution in [0.2, 0.25) is 0 Å². The van der Waals surface area contributed by atoms with Crippen LogP contribution in [0.25, 0.3) is 0 Å². The van der Waals surface area contributed by atoms with Gasteiger partial charge in [-0.3, -0.25) is 9.69 Å². The molecule has 0 radical (unpaired) electrons. The highest BCUT2D eigenvalue weighted by molar-refractivity contribution is 5.66. The summed E-state index contributed by atoms with van der Waals surface area (Å²) >= 11 is 0. The second-order valence-corrected chi connectivity index (χ2v) is 6.40. The molecule has 2 rings (SSSR count). The number of hydrogen-bond acceptors (Lipinski definition) is 4. The van der Waals surface area contributed by atoms with Gasteiger partial charge in [-0.2, -0.15) is 0 Å². The molecule has 2 aliphatic rings. The van der Waals surface area contributed by atoms with Gasteiger partial charge in [0.15, 0.2) is 0 Å². The van der Waals surface area contributed by atoms with E-state index in [0.29, 0.717) is 18.8 Å². The molecule has 20 heavy (non-hydrogen) atoms. The van der Waals surface area contributed by atoms with Crippen LogP contribution < -0.4 is 0 Å². The van der Waals surface area contributed by atoms with Gasteiger partial charge in [0.2, 0.25) is 0 Å². The van der Waals surface area contributed by atoms with Gasteiger partial charge in [-0.1, -0.05) is 0 Å². The van der Waals surface area contributed by atoms with Crippen LogP contribution in [0, 0.1) is 5.92 Å². The highest BCUT2D eigenvalue weighted by Crippen LogP contribution is 2.20. The zero-order chi connectivity index (χ0) is 14.5. The van der Waals surface area contributed by atoms with Gasteiger partial charge in [0.1, 0.15) is 0 Å². The fraction of sp³-hybridized carbons (Fsp3) is 0.933. The van der Waals surface area contributed by atoms with Crippen LogP contribution in [-0.4, -0.2) is 72.4 Å². The Labute approximate surface area is 121 Å². The minimum absolute atomic E-state index is 0.267. The Morgan fingerprint density at radius 2 is 1.75 bits per heavy atom. The van der Waals surface area contributed by atoms with E-state index in [2.05, 4.69) is 23.6 Å². The van der Waals surface area contributed by atoms with Crippen molar-refractivity contribution in [2.75, 3.05) is 39.3 Å². The lowest BCUT2D eigenvalue weighted by Crippen LogP contribution is -2.48.